The maximum atomic E-state index is 13.2. The highest BCUT2D eigenvalue weighted by Gasteiger charge is 2.48. The Morgan fingerprint density at radius 3 is 2.44 bits per heavy atom. The summed E-state index contributed by atoms with van der Waals surface area (Å²) in [5.41, 5.74) is 1.51. The number of ketones is 1. The minimum atomic E-state index is -0.967. The first-order valence-corrected chi connectivity index (χ1v) is 11.4. The Morgan fingerprint density at radius 1 is 1.15 bits per heavy atom. The topological polar surface area (TPSA) is 109 Å². The maximum absolute atomic E-state index is 13.2. The number of phenols is 1. The molecule has 1 aliphatic rings. The van der Waals surface area contributed by atoms with Gasteiger partial charge in [-0.05, 0) is 62.7 Å². The fourth-order valence-corrected chi connectivity index (χ4v) is 4.74. The van der Waals surface area contributed by atoms with Gasteiger partial charge >= 0.3 is 5.91 Å². The summed E-state index contributed by atoms with van der Waals surface area (Å²) in [5.74, 6) is -1.22. The van der Waals surface area contributed by atoms with E-state index in [1.807, 2.05) is 20.8 Å². The van der Waals surface area contributed by atoms with Crippen LogP contribution in [0, 0.1) is 13.8 Å². The summed E-state index contributed by atoms with van der Waals surface area (Å²) < 4.78 is 10.7. The third-order valence-corrected chi connectivity index (χ3v) is 6.70. The zero-order chi connectivity index (χ0) is 24.6. The number of anilines is 1. The van der Waals surface area contributed by atoms with E-state index >= 15 is 0 Å². The number of carbonyl (C=O) groups excluding carboxylic acids is 2. The molecule has 1 fully saturated rings. The summed E-state index contributed by atoms with van der Waals surface area (Å²) in [6.07, 6.45) is 0. The fourth-order valence-electron chi connectivity index (χ4n) is 3.80. The van der Waals surface area contributed by atoms with E-state index in [-0.39, 0.29) is 22.8 Å². The number of methoxy groups -OCH3 is 1. The zero-order valence-electron chi connectivity index (χ0n) is 19.2. The van der Waals surface area contributed by atoms with E-state index in [0.29, 0.717) is 28.6 Å². The summed E-state index contributed by atoms with van der Waals surface area (Å²) in [5, 5.41) is 21.6. The Kier molecular flexibility index (Phi) is 6.30. The predicted molar refractivity (Wildman–Crippen MR) is 129 cm³/mol. The zero-order valence-corrected chi connectivity index (χ0v) is 20.0. The van der Waals surface area contributed by atoms with Crippen LogP contribution < -0.4 is 14.4 Å². The monoisotopic (exact) mass is 480 g/mol. The highest BCUT2D eigenvalue weighted by molar-refractivity contribution is 7.16. The molecular formula is C25H24N2O6S. The van der Waals surface area contributed by atoms with Gasteiger partial charge in [0.15, 0.2) is 16.6 Å². The second kappa shape index (κ2) is 9.18. The highest BCUT2D eigenvalue weighted by Crippen LogP contribution is 2.45. The third kappa shape index (κ3) is 3.99. The lowest BCUT2D eigenvalue weighted by molar-refractivity contribution is -0.132. The Balaban J connectivity index is 1.92. The van der Waals surface area contributed by atoms with Gasteiger partial charge in [-0.3, -0.25) is 14.5 Å². The molecule has 1 amide bonds. The average molecular weight is 481 g/mol. The van der Waals surface area contributed by atoms with Crippen molar-refractivity contribution >= 4 is 33.9 Å². The molecule has 3 aromatic rings. The summed E-state index contributed by atoms with van der Waals surface area (Å²) in [6.45, 7) is 6.06. The number of phenolic OH excluding ortho intramolecular Hbond substituents is 1. The molecule has 1 atom stereocenters. The second-order valence-corrected chi connectivity index (χ2v) is 8.88. The number of nitrogens with zero attached hydrogens (tertiary/aromatic N) is 2. The summed E-state index contributed by atoms with van der Waals surface area (Å²) in [4.78, 5) is 33.1. The molecule has 34 heavy (non-hydrogen) atoms. The van der Waals surface area contributed by atoms with Crippen LogP contribution in [0.5, 0.6) is 17.2 Å². The van der Waals surface area contributed by atoms with Gasteiger partial charge in [0.2, 0.25) is 0 Å². The van der Waals surface area contributed by atoms with Gasteiger partial charge in [0, 0.05) is 10.4 Å². The van der Waals surface area contributed by atoms with E-state index in [1.165, 1.54) is 35.5 Å². The maximum Gasteiger partial charge on any atom is 0.301 e. The molecule has 0 radical (unpaired) electrons. The number of hydrogen-bond donors (Lipinski definition) is 2. The van der Waals surface area contributed by atoms with Crippen LogP contribution in [0.15, 0.2) is 48.0 Å². The number of ether oxygens (including phenoxy) is 2. The second-order valence-electron chi connectivity index (χ2n) is 7.70. The molecule has 0 bridgehead atoms. The molecule has 0 spiro atoms. The lowest BCUT2D eigenvalue weighted by Crippen LogP contribution is -2.29. The number of aliphatic hydroxyl groups excluding tert-OH is 1. The van der Waals surface area contributed by atoms with Gasteiger partial charge < -0.3 is 19.7 Å². The molecule has 1 unspecified atom stereocenters. The van der Waals surface area contributed by atoms with E-state index < -0.39 is 17.7 Å². The smallest absolute Gasteiger partial charge is 0.301 e. The molecule has 2 aromatic carbocycles. The molecule has 1 saturated heterocycles. The first-order valence-electron chi connectivity index (χ1n) is 10.6. The highest BCUT2D eigenvalue weighted by atomic mass is 32.1. The van der Waals surface area contributed by atoms with Gasteiger partial charge in [-0.15, -0.1) is 11.3 Å². The summed E-state index contributed by atoms with van der Waals surface area (Å²) in [7, 11) is 1.41. The van der Waals surface area contributed by atoms with E-state index in [9.17, 15) is 19.8 Å². The molecule has 1 aromatic heterocycles. The number of rotatable bonds is 6. The minimum Gasteiger partial charge on any atom is -0.507 e. The number of aryl methyl sites for hydroxylation is 2. The molecule has 0 aliphatic carbocycles. The van der Waals surface area contributed by atoms with Crippen molar-refractivity contribution in [3.05, 3.63) is 69.7 Å². The van der Waals surface area contributed by atoms with Crippen LogP contribution in [0.2, 0.25) is 0 Å². The number of hydrogen-bond acceptors (Lipinski definition) is 8. The first kappa shape index (κ1) is 23.3. The van der Waals surface area contributed by atoms with Crippen molar-refractivity contribution in [2.75, 3.05) is 18.6 Å². The molecule has 2 heterocycles. The molecule has 2 N–H and O–H groups in total. The Morgan fingerprint density at radius 2 is 1.85 bits per heavy atom. The lowest BCUT2D eigenvalue weighted by Gasteiger charge is -2.23. The molecule has 9 heteroatoms. The average Bonchev–Trinajstić information content (AvgIpc) is 3.29. The Bertz CT molecular complexity index is 1280. The van der Waals surface area contributed by atoms with Crippen LogP contribution in [0.1, 0.15) is 34.7 Å². The quantitative estimate of drug-likeness (QED) is 0.304. The van der Waals surface area contributed by atoms with Crippen LogP contribution in [-0.4, -0.2) is 40.6 Å². The predicted octanol–water partition coefficient (Wildman–Crippen LogP) is 4.50. The van der Waals surface area contributed by atoms with Crippen LogP contribution in [0.25, 0.3) is 5.76 Å². The largest absolute Gasteiger partial charge is 0.507 e. The molecule has 8 nitrogen and oxygen atoms in total. The van der Waals surface area contributed by atoms with Crippen LogP contribution in [0.4, 0.5) is 5.13 Å². The van der Waals surface area contributed by atoms with Gasteiger partial charge in [0.25, 0.3) is 5.78 Å². The van der Waals surface area contributed by atoms with Gasteiger partial charge in [-0.2, -0.15) is 0 Å². The third-order valence-electron chi connectivity index (χ3n) is 5.63. The first-order chi connectivity index (χ1) is 16.3. The Labute approximate surface area is 200 Å². The van der Waals surface area contributed by atoms with Crippen molar-refractivity contribution in [3.63, 3.8) is 0 Å². The van der Waals surface area contributed by atoms with Crippen LogP contribution in [0.3, 0.4) is 0 Å². The number of carbonyl (C=O) groups is 2. The summed E-state index contributed by atoms with van der Waals surface area (Å²) in [6, 6.07) is 10.2. The van der Waals surface area contributed by atoms with E-state index in [4.69, 9.17) is 9.47 Å². The SMILES string of the molecule is CCOc1ccc(/C(O)=C2\C(=O)C(=O)N(c3nc(C)c(C)s3)C2c2ccc(O)c(OC)c2)cc1. The standard InChI is InChI=1S/C25H24N2O6S/c1-5-33-17-9-6-15(7-10-17)22(29)20-21(16-8-11-18(28)19(12-16)32-4)27(24(31)23(20)30)25-26-13(2)14(3)34-25/h6-12,21,28-29H,5H2,1-4H3/b22-20+. The summed E-state index contributed by atoms with van der Waals surface area (Å²) >= 11 is 1.29. The molecular weight excluding hydrogens is 456 g/mol. The van der Waals surface area contributed by atoms with Crippen molar-refractivity contribution in [1.82, 2.24) is 4.98 Å². The van der Waals surface area contributed by atoms with Gasteiger partial charge in [-0.25, -0.2) is 4.98 Å². The number of aromatic nitrogens is 1. The van der Waals surface area contributed by atoms with Crippen LogP contribution in [-0.2, 0) is 9.59 Å². The van der Waals surface area contributed by atoms with Crippen molar-refractivity contribution in [1.29, 1.82) is 0 Å². The van der Waals surface area contributed by atoms with E-state index in [2.05, 4.69) is 4.98 Å². The normalized spacial score (nSPS) is 17.3. The van der Waals surface area contributed by atoms with E-state index in [1.54, 1.807) is 30.3 Å². The van der Waals surface area contributed by atoms with Crippen molar-refractivity contribution < 1.29 is 29.3 Å². The van der Waals surface area contributed by atoms with Crippen LogP contribution >= 0.6 is 11.3 Å². The fraction of sp³-hybridized carbons (Fsp3) is 0.240. The number of aromatic hydroxyl groups is 1. The molecule has 176 valence electrons. The minimum absolute atomic E-state index is 0.0765. The van der Waals surface area contributed by atoms with Gasteiger partial charge in [0.1, 0.15) is 11.5 Å². The van der Waals surface area contributed by atoms with Gasteiger partial charge in [0.05, 0.1) is 31.0 Å². The van der Waals surface area contributed by atoms with Crippen molar-refractivity contribution in [3.8, 4) is 17.2 Å². The Hall–Kier alpha value is -3.85. The molecule has 0 saturated carbocycles. The van der Waals surface area contributed by atoms with Gasteiger partial charge in [-0.1, -0.05) is 6.07 Å². The number of aliphatic hydroxyl groups is 1. The number of thiazole rings is 1. The number of Topliss-reactive ketones (excluding diaryl/α,β-unsaturated/α-hetero) is 1. The van der Waals surface area contributed by atoms with Crippen molar-refractivity contribution in [2.45, 2.75) is 26.8 Å². The lowest BCUT2D eigenvalue weighted by atomic mass is 9.95. The molecule has 4 rings (SSSR count). The molecule has 1 aliphatic heterocycles. The number of benzene rings is 2. The van der Waals surface area contributed by atoms with Crippen molar-refractivity contribution in [2.24, 2.45) is 0 Å². The van der Waals surface area contributed by atoms with E-state index in [0.717, 1.165) is 10.6 Å². The number of amides is 1.